The fourth-order valence-corrected chi connectivity index (χ4v) is 4.65. The molecule has 4 rings (SSSR count). The van der Waals surface area contributed by atoms with Crippen LogP contribution in [0.4, 0.5) is 5.69 Å². The largest absolute Gasteiger partial charge is 0.326 e. The Kier molecular flexibility index (Phi) is 5.23. The van der Waals surface area contributed by atoms with Gasteiger partial charge in [0.1, 0.15) is 5.01 Å². The van der Waals surface area contributed by atoms with Crippen molar-refractivity contribution in [3.8, 4) is 10.6 Å². The normalized spacial score (nSPS) is 25.6. The molecular formula is C18H22ClN3OS. The van der Waals surface area contributed by atoms with Crippen molar-refractivity contribution in [3.05, 3.63) is 35.8 Å². The van der Waals surface area contributed by atoms with Crippen LogP contribution in [0.25, 0.3) is 10.6 Å². The third-order valence-electron chi connectivity index (χ3n) is 5.31. The summed E-state index contributed by atoms with van der Waals surface area (Å²) in [5, 5.41) is 9.56. The molecule has 0 spiro atoms. The molecule has 2 aromatic rings. The van der Waals surface area contributed by atoms with E-state index in [-0.39, 0.29) is 23.7 Å². The van der Waals surface area contributed by atoms with Gasteiger partial charge in [0, 0.05) is 29.4 Å². The second-order valence-corrected chi connectivity index (χ2v) is 7.49. The van der Waals surface area contributed by atoms with Crippen LogP contribution in [0.15, 0.2) is 35.8 Å². The van der Waals surface area contributed by atoms with Crippen LogP contribution in [0.2, 0.25) is 0 Å². The molecule has 2 aliphatic rings. The summed E-state index contributed by atoms with van der Waals surface area (Å²) in [6.07, 6.45) is 6.40. The standard InChI is InChI=1S/C18H21N3OS.ClH/c22-17(18-8-2-1-3-14(18)11-19-12-18)21-15-6-4-13(5-7-15)16-20-9-10-23-16;/h4-7,9-10,14,19H,1-3,8,11-12H2,(H,21,22);1H/t14-,18+;/m0./s1. The molecule has 4 nitrogen and oxygen atoms in total. The van der Waals surface area contributed by atoms with Crippen LogP contribution in [-0.4, -0.2) is 24.0 Å². The Morgan fingerprint density at radius 3 is 2.88 bits per heavy atom. The maximum Gasteiger partial charge on any atom is 0.232 e. The van der Waals surface area contributed by atoms with E-state index < -0.39 is 0 Å². The highest BCUT2D eigenvalue weighted by atomic mass is 35.5. The van der Waals surface area contributed by atoms with Gasteiger partial charge in [0.05, 0.1) is 5.41 Å². The SMILES string of the molecule is Cl.O=C(Nc1ccc(-c2nccs2)cc1)[C@@]12CCCC[C@H]1CNC2. The zero-order chi connectivity index (χ0) is 15.7. The summed E-state index contributed by atoms with van der Waals surface area (Å²) < 4.78 is 0. The van der Waals surface area contributed by atoms with Crippen molar-refractivity contribution in [2.75, 3.05) is 18.4 Å². The molecule has 0 bridgehead atoms. The van der Waals surface area contributed by atoms with Gasteiger partial charge in [-0.25, -0.2) is 4.98 Å². The van der Waals surface area contributed by atoms with Crippen molar-refractivity contribution >= 4 is 35.3 Å². The maximum atomic E-state index is 12.9. The summed E-state index contributed by atoms with van der Waals surface area (Å²) in [5.41, 5.74) is 1.77. The summed E-state index contributed by atoms with van der Waals surface area (Å²) in [7, 11) is 0. The van der Waals surface area contributed by atoms with E-state index in [1.807, 2.05) is 35.8 Å². The summed E-state index contributed by atoms with van der Waals surface area (Å²) >= 11 is 1.62. The lowest BCUT2D eigenvalue weighted by Crippen LogP contribution is -2.44. The fourth-order valence-electron chi connectivity index (χ4n) is 4.01. The van der Waals surface area contributed by atoms with Gasteiger partial charge in [-0.1, -0.05) is 12.8 Å². The van der Waals surface area contributed by atoms with E-state index in [1.54, 1.807) is 11.3 Å². The highest BCUT2D eigenvalue weighted by Gasteiger charge is 2.49. The molecule has 1 aromatic heterocycles. The smallest absolute Gasteiger partial charge is 0.232 e. The Labute approximate surface area is 152 Å². The number of anilines is 1. The first-order valence-electron chi connectivity index (χ1n) is 8.30. The number of hydrogen-bond acceptors (Lipinski definition) is 4. The van der Waals surface area contributed by atoms with Crippen molar-refractivity contribution in [2.24, 2.45) is 11.3 Å². The van der Waals surface area contributed by atoms with E-state index in [2.05, 4.69) is 15.6 Å². The second kappa shape index (κ2) is 7.21. The lowest BCUT2D eigenvalue weighted by molar-refractivity contribution is -0.128. The van der Waals surface area contributed by atoms with Crippen LogP contribution in [-0.2, 0) is 4.79 Å². The molecule has 1 aromatic carbocycles. The highest BCUT2D eigenvalue weighted by Crippen LogP contribution is 2.44. The Hall–Kier alpha value is -1.43. The van der Waals surface area contributed by atoms with Crippen LogP contribution in [0, 0.1) is 11.3 Å². The van der Waals surface area contributed by atoms with E-state index in [0.717, 1.165) is 42.2 Å². The molecule has 0 radical (unpaired) electrons. The van der Waals surface area contributed by atoms with E-state index >= 15 is 0 Å². The molecule has 128 valence electrons. The number of hydrogen-bond donors (Lipinski definition) is 2. The second-order valence-electron chi connectivity index (χ2n) is 6.60. The van der Waals surface area contributed by atoms with Crippen LogP contribution >= 0.6 is 23.7 Å². The first-order chi connectivity index (χ1) is 11.3. The van der Waals surface area contributed by atoms with Gasteiger partial charge in [-0.2, -0.15) is 0 Å². The summed E-state index contributed by atoms with van der Waals surface area (Å²) in [5.74, 6) is 0.681. The third-order valence-corrected chi connectivity index (χ3v) is 6.13. The average molecular weight is 364 g/mol. The van der Waals surface area contributed by atoms with Crippen molar-refractivity contribution in [1.29, 1.82) is 0 Å². The van der Waals surface area contributed by atoms with Crippen molar-refractivity contribution in [1.82, 2.24) is 10.3 Å². The van der Waals surface area contributed by atoms with E-state index in [0.29, 0.717) is 5.92 Å². The van der Waals surface area contributed by atoms with Crippen LogP contribution in [0.5, 0.6) is 0 Å². The number of aromatic nitrogens is 1. The van der Waals surface area contributed by atoms with Crippen LogP contribution in [0.3, 0.4) is 0 Å². The predicted octanol–water partition coefficient (Wildman–Crippen LogP) is 3.95. The molecule has 1 aliphatic carbocycles. The maximum absolute atomic E-state index is 12.9. The van der Waals surface area contributed by atoms with Crippen molar-refractivity contribution < 1.29 is 4.79 Å². The third kappa shape index (κ3) is 3.08. The molecule has 0 unspecified atom stereocenters. The van der Waals surface area contributed by atoms with Crippen molar-refractivity contribution in [2.45, 2.75) is 25.7 Å². The monoisotopic (exact) mass is 363 g/mol. The Morgan fingerprint density at radius 1 is 1.29 bits per heavy atom. The molecule has 2 heterocycles. The molecule has 1 saturated carbocycles. The minimum Gasteiger partial charge on any atom is -0.326 e. The number of amides is 1. The molecular weight excluding hydrogens is 342 g/mol. The molecule has 2 fully saturated rings. The molecule has 1 aliphatic heterocycles. The molecule has 24 heavy (non-hydrogen) atoms. The Bertz CT molecular complexity index is 689. The van der Waals surface area contributed by atoms with Gasteiger partial charge in [-0.15, -0.1) is 23.7 Å². The van der Waals surface area contributed by atoms with E-state index in [4.69, 9.17) is 0 Å². The molecule has 1 amide bonds. The van der Waals surface area contributed by atoms with Gasteiger partial charge in [-0.3, -0.25) is 4.79 Å². The minimum absolute atomic E-state index is 0. The number of nitrogens with one attached hydrogen (secondary N) is 2. The molecule has 2 atom stereocenters. The van der Waals surface area contributed by atoms with Crippen LogP contribution in [0.1, 0.15) is 25.7 Å². The number of nitrogens with zero attached hydrogens (tertiary/aromatic N) is 1. The number of carbonyl (C=O) groups is 1. The summed E-state index contributed by atoms with van der Waals surface area (Å²) in [6.45, 7) is 1.80. The molecule has 1 saturated heterocycles. The van der Waals surface area contributed by atoms with Crippen molar-refractivity contribution in [3.63, 3.8) is 0 Å². The number of halogens is 1. The fraction of sp³-hybridized carbons (Fsp3) is 0.444. The zero-order valence-corrected chi connectivity index (χ0v) is 15.1. The number of carbonyl (C=O) groups excluding carboxylic acids is 1. The van der Waals surface area contributed by atoms with E-state index in [1.165, 1.54) is 12.8 Å². The lowest BCUT2D eigenvalue weighted by Gasteiger charge is -2.37. The minimum atomic E-state index is -0.202. The number of fused-ring (bicyclic) bond motifs is 1. The first-order valence-corrected chi connectivity index (χ1v) is 9.18. The van der Waals surface area contributed by atoms with E-state index in [9.17, 15) is 4.79 Å². The summed E-state index contributed by atoms with van der Waals surface area (Å²) in [6, 6.07) is 8.01. The quantitative estimate of drug-likeness (QED) is 0.868. The predicted molar refractivity (Wildman–Crippen MR) is 101 cm³/mol. The lowest BCUT2D eigenvalue weighted by atomic mass is 9.67. The molecule has 6 heteroatoms. The average Bonchev–Trinajstić information content (AvgIpc) is 3.25. The van der Waals surface area contributed by atoms with Gasteiger partial charge in [0.15, 0.2) is 0 Å². The number of rotatable bonds is 3. The van der Waals surface area contributed by atoms with Gasteiger partial charge in [0.25, 0.3) is 0 Å². The number of benzene rings is 1. The van der Waals surface area contributed by atoms with Gasteiger partial charge >= 0.3 is 0 Å². The van der Waals surface area contributed by atoms with Crippen LogP contribution < -0.4 is 10.6 Å². The first kappa shape index (κ1) is 17.4. The Morgan fingerprint density at radius 2 is 2.12 bits per heavy atom. The van der Waals surface area contributed by atoms with Gasteiger partial charge in [-0.05, 0) is 49.6 Å². The topological polar surface area (TPSA) is 54.0 Å². The highest BCUT2D eigenvalue weighted by molar-refractivity contribution is 7.13. The number of thiazole rings is 1. The Balaban J connectivity index is 0.00000169. The molecule has 2 N–H and O–H groups in total. The van der Waals surface area contributed by atoms with Gasteiger partial charge < -0.3 is 10.6 Å². The van der Waals surface area contributed by atoms with Gasteiger partial charge in [0.2, 0.25) is 5.91 Å². The zero-order valence-electron chi connectivity index (χ0n) is 13.5. The summed E-state index contributed by atoms with van der Waals surface area (Å²) in [4.78, 5) is 17.2.